The van der Waals surface area contributed by atoms with Crippen molar-refractivity contribution in [3.63, 3.8) is 0 Å². The number of rotatable bonds is 2. The molecule has 1 amide bonds. The Morgan fingerprint density at radius 3 is 2.90 bits per heavy atom. The summed E-state index contributed by atoms with van der Waals surface area (Å²) in [7, 11) is 0. The minimum absolute atomic E-state index is 0.292. The summed E-state index contributed by atoms with van der Waals surface area (Å²) < 4.78 is 8.33. The van der Waals surface area contributed by atoms with Crippen molar-refractivity contribution in [2.75, 3.05) is 6.54 Å². The Balaban J connectivity index is 1.59. The number of benzene rings is 1. The Morgan fingerprint density at radius 2 is 2.10 bits per heavy atom. The van der Waals surface area contributed by atoms with Crippen LogP contribution in [0.4, 0.5) is 4.79 Å². The highest BCUT2D eigenvalue weighted by Gasteiger charge is 2.23. The maximum absolute atomic E-state index is 12.0. The van der Waals surface area contributed by atoms with Gasteiger partial charge in [0, 0.05) is 13.1 Å². The quantitative estimate of drug-likeness (QED) is 0.847. The Hall–Kier alpha value is -1.82. The molecule has 0 N–H and O–H groups in total. The third kappa shape index (κ3) is 2.70. The predicted octanol–water partition coefficient (Wildman–Crippen LogP) is 2.80. The Morgan fingerprint density at radius 1 is 1.30 bits per heavy atom. The number of carbonyl (C=O) groups excluding carboxylic acids is 1. The highest BCUT2D eigenvalue weighted by Crippen LogP contribution is 2.19. The van der Waals surface area contributed by atoms with Crippen LogP contribution in [0.5, 0.6) is 0 Å². The van der Waals surface area contributed by atoms with Gasteiger partial charge in [0.15, 0.2) is 0 Å². The van der Waals surface area contributed by atoms with E-state index >= 15 is 0 Å². The molecule has 0 spiro atoms. The molecule has 0 bridgehead atoms. The number of nitrogens with zero attached hydrogens (tertiary/aromatic N) is 3. The van der Waals surface area contributed by atoms with Gasteiger partial charge in [0.05, 0.1) is 12.7 Å². The highest BCUT2D eigenvalue weighted by atomic mass is 79.9. The molecule has 6 heteroatoms. The van der Waals surface area contributed by atoms with E-state index in [9.17, 15) is 4.79 Å². The van der Waals surface area contributed by atoms with Crippen LogP contribution < -0.4 is 0 Å². The average Bonchev–Trinajstić information content (AvgIpc) is 2.87. The smallest absolute Gasteiger partial charge is 0.410 e. The number of halogens is 1. The van der Waals surface area contributed by atoms with Crippen molar-refractivity contribution in [2.45, 2.75) is 19.7 Å². The SMILES string of the molecule is O=C(OCc1ccccc1)N1CCn2c(Br)cnc2C1. The first kappa shape index (κ1) is 13.2. The van der Waals surface area contributed by atoms with E-state index in [-0.39, 0.29) is 6.09 Å². The molecule has 20 heavy (non-hydrogen) atoms. The molecule has 104 valence electrons. The van der Waals surface area contributed by atoms with Crippen molar-refractivity contribution in [1.82, 2.24) is 14.5 Å². The van der Waals surface area contributed by atoms with E-state index in [0.717, 1.165) is 22.5 Å². The molecule has 0 radical (unpaired) electrons. The van der Waals surface area contributed by atoms with Crippen LogP contribution >= 0.6 is 15.9 Å². The number of amides is 1. The summed E-state index contributed by atoms with van der Waals surface area (Å²) in [6.07, 6.45) is 1.47. The van der Waals surface area contributed by atoms with Gasteiger partial charge in [-0.3, -0.25) is 4.90 Å². The number of aromatic nitrogens is 2. The second-order valence-corrected chi connectivity index (χ2v) is 5.42. The van der Waals surface area contributed by atoms with Gasteiger partial charge < -0.3 is 9.30 Å². The number of carbonyl (C=O) groups is 1. The summed E-state index contributed by atoms with van der Waals surface area (Å²) in [4.78, 5) is 18.0. The first-order valence-electron chi connectivity index (χ1n) is 6.39. The molecular weight excluding hydrogens is 322 g/mol. The molecular formula is C14H14BrN3O2. The van der Waals surface area contributed by atoms with Crippen LogP contribution in [-0.4, -0.2) is 27.1 Å². The Bertz CT molecular complexity index is 612. The van der Waals surface area contributed by atoms with E-state index in [1.165, 1.54) is 0 Å². The van der Waals surface area contributed by atoms with E-state index in [2.05, 4.69) is 25.5 Å². The van der Waals surface area contributed by atoms with Crippen LogP contribution in [0.15, 0.2) is 41.1 Å². The monoisotopic (exact) mass is 335 g/mol. The topological polar surface area (TPSA) is 47.4 Å². The van der Waals surface area contributed by atoms with Gasteiger partial charge in [-0.2, -0.15) is 0 Å². The molecule has 1 aliphatic rings. The van der Waals surface area contributed by atoms with Crippen LogP contribution in [0, 0.1) is 0 Å². The largest absolute Gasteiger partial charge is 0.445 e. The zero-order valence-corrected chi connectivity index (χ0v) is 12.4. The molecule has 5 nitrogen and oxygen atoms in total. The van der Waals surface area contributed by atoms with Gasteiger partial charge in [0.25, 0.3) is 0 Å². The molecule has 0 fully saturated rings. The van der Waals surface area contributed by atoms with Crippen molar-refractivity contribution in [3.8, 4) is 0 Å². The third-order valence-electron chi connectivity index (χ3n) is 3.28. The number of ether oxygens (including phenoxy) is 1. The second kappa shape index (κ2) is 5.66. The molecule has 3 rings (SSSR count). The lowest BCUT2D eigenvalue weighted by Crippen LogP contribution is -2.38. The van der Waals surface area contributed by atoms with Crippen LogP contribution in [0.25, 0.3) is 0 Å². The van der Waals surface area contributed by atoms with Crippen LogP contribution in [0.1, 0.15) is 11.4 Å². The first-order valence-corrected chi connectivity index (χ1v) is 7.19. The summed E-state index contributed by atoms with van der Waals surface area (Å²) in [6.45, 7) is 2.15. The molecule has 0 saturated heterocycles. The fourth-order valence-corrected chi connectivity index (χ4v) is 2.67. The van der Waals surface area contributed by atoms with Crippen molar-refractivity contribution < 1.29 is 9.53 Å². The van der Waals surface area contributed by atoms with E-state index in [0.29, 0.717) is 19.7 Å². The maximum atomic E-state index is 12.0. The normalized spacial score (nSPS) is 13.9. The lowest BCUT2D eigenvalue weighted by molar-refractivity contribution is 0.0860. The number of hydrogen-bond acceptors (Lipinski definition) is 3. The average molecular weight is 336 g/mol. The van der Waals surface area contributed by atoms with E-state index in [4.69, 9.17) is 4.74 Å². The van der Waals surface area contributed by atoms with Gasteiger partial charge >= 0.3 is 6.09 Å². The molecule has 0 saturated carbocycles. The van der Waals surface area contributed by atoms with Gasteiger partial charge in [0.1, 0.15) is 17.0 Å². The summed E-state index contributed by atoms with van der Waals surface area (Å²) >= 11 is 3.44. The van der Waals surface area contributed by atoms with Crippen molar-refractivity contribution in [2.24, 2.45) is 0 Å². The Kier molecular flexibility index (Phi) is 3.73. The lowest BCUT2D eigenvalue weighted by atomic mass is 10.2. The van der Waals surface area contributed by atoms with Gasteiger partial charge in [-0.25, -0.2) is 9.78 Å². The molecule has 2 heterocycles. The van der Waals surface area contributed by atoms with Gasteiger partial charge in [0.2, 0.25) is 0 Å². The first-order chi connectivity index (χ1) is 9.74. The zero-order valence-electron chi connectivity index (χ0n) is 10.8. The van der Waals surface area contributed by atoms with Crippen LogP contribution in [-0.2, 0) is 24.4 Å². The minimum atomic E-state index is -0.292. The third-order valence-corrected chi connectivity index (χ3v) is 3.91. The van der Waals surface area contributed by atoms with E-state index < -0.39 is 0 Å². The van der Waals surface area contributed by atoms with Gasteiger partial charge in [-0.1, -0.05) is 30.3 Å². The van der Waals surface area contributed by atoms with Crippen molar-refractivity contribution >= 4 is 22.0 Å². The molecule has 0 atom stereocenters. The standard InChI is InChI=1S/C14H14BrN3O2/c15-12-8-16-13-9-17(6-7-18(12)13)14(19)20-10-11-4-2-1-3-5-11/h1-5,8H,6-7,9-10H2. The fourth-order valence-electron chi connectivity index (χ4n) is 2.19. The molecule has 0 unspecified atom stereocenters. The molecule has 2 aromatic rings. The molecule has 1 aliphatic heterocycles. The van der Waals surface area contributed by atoms with Gasteiger partial charge in [-0.15, -0.1) is 0 Å². The van der Waals surface area contributed by atoms with E-state index in [1.807, 2.05) is 30.3 Å². The number of imidazole rings is 1. The fraction of sp³-hybridized carbons (Fsp3) is 0.286. The molecule has 1 aromatic carbocycles. The summed E-state index contributed by atoms with van der Waals surface area (Å²) in [5, 5.41) is 0. The van der Waals surface area contributed by atoms with Crippen molar-refractivity contribution in [3.05, 3.63) is 52.5 Å². The zero-order chi connectivity index (χ0) is 13.9. The summed E-state index contributed by atoms with van der Waals surface area (Å²) in [5.74, 6) is 0.875. The number of fused-ring (bicyclic) bond motifs is 1. The lowest BCUT2D eigenvalue weighted by Gasteiger charge is -2.27. The van der Waals surface area contributed by atoms with Gasteiger partial charge in [-0.05, 0) is 21.5 Å². The molecule has 0 aliphatic carbocycles. The second-order valence-electron chi connectivity index (χ2n) is 4.61. The minimum Gasteiger partial charge on any atom is -0.445 e. The predicted molar refractivity (Wildman–Crippen MR) is 77.0 cm³/mol. The molecule has 1 aromatic heterocycles. The highest BCUT2D eigenvalue weighted by molar-refractivity contribution is 9.10. The maximum Gasteiger partial charge on any atom is 0.410 e. The van der Waals surface area contributed by atoms with Crippen molar-refractivity contribution in [1.29, 1.82) is 0 Å². The summed E-state index contributed by atoms with van der Waals surface area (Å²) in [6, 6.07) is 9.67. The van der Waals surface area contributed by atoms with Crippen LogP contribution in [0.3, 0.4) is 0 Å². The van der Waals surface area contributed by atoms with Crippen LogP contribution in [0.2, 0.25) is 0 Å². The van der Waals surface area contributed by atoms with E-state index in [1.54, 1.807) is 11.1 Å². The summed E-state index contributed by atoms with van der Waals surface area (Å²) in [5.41, 5.74) is 0.988. The Labute approximate surface area is 125 Å². The number of hydrogen-bond donors (Lipinski definition) is 0.